The van der Waals surface area contributed by atoms with Gasteiger partial charge in [-0.3, -0.25) is 10.1 Å². The van der Waals surface area contributed by atoms with Gasteiger partial charge in [-0.05, 0) is 11.0 Å². The number of hydrogen-bond donors (Lipinski definition) is 0. The van der Waals surface area contributed by atoms with Crippen molar-refractivity contribution in [2.75, 3.05) is 0 Å². The molecule has 0 unspecified atom stereocenters. The van der Waals surface area contributed by atoms with Crippen LogP contribution < -0.4 is 10.9 Å². The molecule has 0 amide bonds. The third-order valence-electron chi connectivity index (χ3n) is 1.90. The van der Waals surface area contributed by atoms with Gasteiger partial charge in [0, 0.05) is 0 Å². The normalized spacial score (nSPS) is 9.60. The first-order valence-electron chi connectivity index (χ1n) is 3.86. The lowest BCUT2D eigenvalue weighted by Gasteiger charge is -2.08. The standard InChI is InChI=1S/C8H3B2FN2O2/c9-7-4(1-2-12)5(11)3-6(8(7)10)13(14)15/h3H,1H2. The van der Waals surface area contributed by atoms with Crippen molar-refractivity contribution in [3.63, 3.8) is 0 Å². The van der Waals surface area contributed by atoms with Gasteiger partial charge in [0.1, 0.15) is 21.5 Å². The molecule has 0 heterocycles. The van der Waals surface area contributed by atoms with Crippen molar-refractivity contribution in [2.45, 2.75) is 6.42 Å². The molecule has 0 saturated heterocycles. The Kier molecular flexibility index (Phi) is 3.10. The van der Waals surface area contributed by atoms with Gasteiger partial charge < -0.3 is 0 Å². The van der Waals surface area contributed by atoms with Crippen LogP contribution in [0.4, 0.5) is 10.1 Å². The molecule has 1 aromatic rings. The highest BCUT2D eigenvalue weighted by atomic mass is 19.1. The molecule has 4 radical (unpaired) electrons. The third kappa shape index (κ3) is 1.99. The van der Waals surface area contributed by atoms with E-state index in [1.807, 2.05) is 0 Å². The monoisotopic (exact) mass is 200 g/mol. The fraction of sp³-hybridized carbons (Fsp3) is 0.125. The van der Waals surface area contributed by atoms with Gasteiger partial charge in [-0.2, -0.15) is 5.26 Å². The van der Waals surface area contributed by atoms with Gasteiger partial charge in [0.2, 0.25) is 0 Å². The SMILES string of the molecule is [B]c1c([N+](=O)[O-])cc(F)c(CC#N)c1[B]. The number of hydrogen-bond acceptors (Lipinski definition) is 3. The van der Waals surface area contributed by atoms with E-state index in [4.69, 9.17) is 21.0 Å². The van der Waals surface area contributed by atoms with Gasteiger partial charge in [-0.1, -0.05) is 5.46 Å². The van der Waals surface area contributed by atoms with E-state index in [0.717, 1.165) is 0 Å². The number of halogens is 1. The largest absolute Gasteiger partial charge is 0.264 e. The minimum absolute atomic E-state index is 0.111. The molecule has 0 spiro atoms. The Morgan fingerprint density at radius 3 is 2.60 bits per heavy atom. The molecule has 70 valence electrons. The van der Waals surface area contributed by atoms with E-state index < -0.39 is 16.4 Å². The number of nitro groups is 1. The van der Waals surface area contributed by atoms with Crippen LogP contribution in [0.15, 0.2) is 6.07 Å². The van der Waals surface area contributed by atoms with E-state index in [2.05, 4.69) is 0 Å². The second kappa shape index (κ2) is 4.13. The summed E-state index contributed by atoms with van der Waals surface area (Å²) in [6.45, 7) is 0. The van der Waals surface area contributed by atoms with Crippen LogP contribution in [0.3, 0.4) is 0 Å². The first-order valence-corrected chi connectivity index (χ1v) is 3.86. The van der Waals surface area contributed by atoms with E-state index in [1.54, 1.807) is 6.07 Å². The zero-order valence-corrected chi connectivity index (χ0v) is 7.53. The first kappa shape index (κ1) is 11.2. The van der Waals surface area contributed by atoms with Crippen LogP contribution in [0, 0.1) is 27.3 Å². The molecule has 0 aliphatic carbocycles. The maximum atomic E-state index is 13.2. The average Bonchev–Trinajstić information content (AvgIpc) is 2.18. The summed E-state index contributed by atoms with van der Waals surface area (Å²) < 4.78 is 13.2. The highest BCUT2D eigenvalue weighted by Gasteiger charge is 2.18. The van der Waals surface area contributed by atoms with Gasteiger partial charge in [-0.25, -0.2) is 4.39 Å². The molecule has 7 heteroatoms. The van der Waals surface area contributed by atoms with Crippen LogP contribution in [-0.4, -0.2) is 20.6 Å². The van der Waals surface area contributed by atoms with E-state index in [-0.39, 0.29) is 22.9 Å². The van der Waals surface area contributed by atoms with Crippen LogP contribution in [0.25, 0.3) is 0 Å². The summed E-state index contributed by atoms with van der Waals surface area (Å²) in [5.74, 6) is -0.894. The van der Waals surface area contributed by atoms with Crippen LogP contribution in [0.1, 0.15) is 5.56 Å². The van der Waals surface area contributed by atoms with Crippen molar-refractivity contribution in [1.29, 1.82) is 5.26 Å². The highest BCUT2D eigenvalue weighted by Crippen LogP contribution is 2.12. The molecule has 0 N–H and O–H groups in total. The molecule has 0 saturated carbocycles. The fourth-order valence-corrected chi connectivity index (χ4v) is 1.12. The zero-order valence-electron chi connectivity index (χ0n) is 7.53. The molecular weight excluding hydrogens is 197 g/mol. The summed E-state index contributed by atoms with van der Waals surface area (Å²) in [5.41, 5.74) is -1.26. The Labute approximate surface area is 87.7 Å². The van der Waals surface area contributed by atoms with Crippen molar-refractivity contribution in [1.82, 2.24) is 0 Å². The number of benzene rings is 1. The molecule has 0 atom stereocenters. The lowest BCUT2D eigenvalue weighted by Crippen LogP contribution is -2.32. The van der Waals surface area contributed by atoms with Crippen LogP contribution in [0.5, 0.6) is 0 Å². The summed E-state index contributed by atoms with van der Waals surface area (Å²) in [7, 11) is 10.7. The number of nitrogens with zero attached hydrogens (tertiary/aromatic N) is 2. The second-order valence-corrected chi connectivity index (χ2v) is 2.78. The number of nitriles is 1. The fourth-order valence-electron chi connectivity index (χ4n) is 1.12. The Hall–Kier alpha value is -1.83. The smallest absolute Gasteiger partial charge is 0.258 e. The predicted molar refractivity (Wildman–Crippen MR) is 53.1 cm³/mol. The molecule has 0 aliphatic rings. The van der Waals surface area contributed by atoms with Gasteiger partial charge in [0.15, 0.2) is 0 Å². The number of nitro benzene ring substituents is 1. The minimum Gasteiger partial charge on any atom is -0.258 e. The summed E-state index contributed by atoms with van der Waals surface area (Å²) >= 11 is 0. The van der Waals surface area contributed by atoms with Gasteiger partial charge in [0.05, 0.1) is 23.5 Å². The van der Waals surface area contributed by atoms with Crippen LogP contribution >= 0.6 is 0 Å². The quantitative estimate of drug-likeness (QED) is 0.363. The van der Waals surface area contributed by atoms with Crippen molar-refractivity contribution in [3.05, 3.63) is 27.6 Å². The molecule has 4 nitrogen and oxygen atoms in total. The number of rotatable bonds is 2. The zero-order chi connectivity index (χ0) is 11.6. The van der Waals surface area contributed by atoms with Crippen LogP contribution in [-0.2, 0) is 6.42 Å². The Morgan fingerprint density at radius 1 is 1.53 bits per heavy atom. The molecule has 0 aromatic heterocycles. The summed E-state index contributed by atoms with van der Waals surface area (Å²) in [6.07, 6.45) is -0.278. The van der Waals surface area contributed by atoms with E-state index in [0.29, 0.717) is 6.07 Å². The topological polar surface area (TPSA) is 66.9 Å². The van der Waals surface area contributed by atoms with Crippen molar-refractivity contribution < 1.29 is 9.31 Å². The second-order valence-electron chi connectivity index (χ2n) is 2.78. The maximum Gasteiger partial charge on any atom is 0.264 e. The molecule has 1 aromatic carbocycles. The highest BCUT2D eigenvalue weighted by molar-refractivity contribution is 6.51. The summed E-state index contributed by atoms with van der Waals surface area (Å²) in [6, 6.07) is 2.36. The lowest BCUT2D eigenvalue weighted by atomic mass is 9.76. The molecular formula is C8H3B2FN2O2. The van der Waals surface area contributed by atoms with Crippen molar-refractivity contribution >= 4 is 32.3 Å². The molecule has 15 heavy (non-hydrogen) atoms. The lowest BCUT2D eigenvalue weighted by molar-refractivity contribution is -0.383. The third-order valence-corrected chi connectivity index (χ3v) is 1.90. The van der Waals surface area contributed by atoms with Gasteiger partial charge in [-0.15, -0.1) is 0 Å². The first-order chi connectivity index (χ1) is 6.99. The Bertz CT molecular complexity index is 471. The summed E-state index contributed by atoms with van der Waals surface area (Å²) in [4.78, 5) is 9.61. The predicted octanol–water partition coefficient (Wildman–Crippen LogP) is -0.612. The van der Waals surface area contributed by atoms with Crippen LogP contribution in [0.2, 0.25) is 0 Å². The van der Waals surface area contributed by atoms with E-state index >= 15 is 0 Å². The maximum absolute atomic E-state index is 13.2. The van der Waals surface area contributed by atoms with E-state index in [1.165, 1.54) is 0 Å². The molecule has 0 fully saturated rings. The van der Waals surface area contributed by atoms with Gasteiger partial charge in [0.25, 0.3) is 5.69 Å². The van der Waals surface area contributed by atoms with Gasteiger partial charge >= 0.3 is 0 Å². The average molecular weight is 200 g/mol. The summed E-state index contributed by atoms with van der Waals surface area (Å²) in [5, 5.41) is 18.8. The molecule has 0 aliphatic heterocycles. The van der Waals surface area contributed by atoms with E-state index in [9.17, 15) is 14.5 Å². The minimum atomic E-state index is -0.894. The Morgan fingerprint density at radius 2 is 2.13 bits per heavy atom. The van der Waals surface area contributed by atoms with Crippen molar-refractivity contribution in [3.8, 4) is 6.07 Å². The Balaban J connectivity index is 3.45. The molecule has 0 bridgehead atoms. The molecule has 1 rings (SSSR count). The van der Waals surface area contributed by atoms with Crippen molar-refractivity contribution in [2.24, 2.45) is 0 Å².